The second kappa shape index (κ2) is 9.95. The number of carbonyl (C=O) groups is 1. The topological polar surface area (TPSA) is 50.4 Å². The first-order valence-corrected chi connectivity index (χ1v) is 8.85. The Morgan fingerprint density at radius 3 is 2.58 bits per heavy atom. The summed E-state index contributed by atoms with van der Waals surface area (Å²) in [6.07, 6.45) is 1.06. The largest absolute Gasteiger partial charge is 0.469 e. The molecular weight excluding hydrogens is 340 g/mol. The normalized spacial score (nSPS) is 10.0. The fourth-order valence-corrected chi connectivity index (χ4v) is 3.11. The Balaban J connectivity index is 1.88. The van der Waals surface area contributed by atoms with Crippen LogP contribution >= 0.6 is 24.0 Å². The summed E-state index contributed by atoms with van der Waals surface area (Å²) in [4.78, 5) is 13.3. The highest BCUT2D eigenvalue weighted by Crippen LogP contribution is 2.33. The minimum absolute atomic E-state index is 0.208. The molecule has 0 aliphatic carbocycles. The van der Waals surface area contributed by atoms with Gasteiger partial charge in [0.15, 0.2) is 5.11 Å². The Labute approximate surface area is 152 Å². The number of carbonyl (C=O) groups excluding carboxylic acids is 1. The SMILES string of the molecule is COC(=O)CCCNC(=S)Nc1ccccc1Sc1ccccc1. The summed E-state index contributed by atoms with van der Waals surface area (Å²) in [5.41, 5.74) is 0.955. The van der Waals surface area contributed by atoms with E-state index in [1.54, 1.807) is 11.8 Å². The van der Waals surface area contributed by atoms with Gasteiger partial charge in [0.1, 0.15) is 0 Å². The third-order valence-electron chi connectivity index (χ3n) is 3.18. The van der Waals surface area contributed by atoms with E-state index in [4.69, 9.17) is 12.2 Å². The van der Waals surface area contributed by atoms with Gasteiger partial charge in [-0.3, -0.25) is 4.79 Å². The van der Waals surface area contributed by atoms with Crippen LogP contribution in [0.25, 0.3) is 0 Å². The van der Waals surface area contributed by atoms with Gasteiger partial charge < -0.3 is 15.4 Å². The van der Waals surface area contributed by atoms with Crippen LogP contribution < -0.4 is 10.6 Å². The third kappa shape index (κ3) is 6.22. The van der Waals surface area contributed by atoms with Crippen LogP contribution in [0.2, 0.25) is 0 Å². The predicted octanol–water partition coefficient (Wildman–Crippen LogP) is 4.08. The van der Waals surface area contributed by atoms with Gasteiger partial charge in [-0.2, -0.15) is 0 Å². The molecule has 0 unspecified atom stereocenters. The van der Waals surface area contributed by atoms with E-state index in [0.717, 1.165) is 10.6 Å². The molecule has 0 radical (unpaired) electrons. The van der Waals surface area contributed by atoms with Crippen molar-refractivity contribution in [1.82, 2.24) is 5.32 Å². The van der Waals surface area contributed by atoms with Crippen LogP contribution in [0.15, 0.2) is 64.4 Å². The highest BCUT2D eigenvalue weighted by molar-refractivity contribution is 7.99. The number of thiocarbonyl (C=S) groups is 1. The highest BCUT2D eigenvalue weighted by Gasteiger charge is 2.06. The van der Waals surface area contributed by atoms with Crippen LogP contribution in [0.1, 0.15) is 12.8 Å². The van der Waals surface area contributed by atoms with Gasteiger partial charge in [0.05, 0.1) is 12.8 Å². The Kier molecular flexibility index (Phi) is 7.58. The van der Waals surface area contributed by atoms with E-state index in [0.29, 0.717) is 24.5 Å². The number of methoxy groups -OCH3 is 1. The number of nitrogens with one attached hydrogen (secondary N) is 2. The molecule has 0 atom stereocenters. The molecule has 0 fully saturated rings. The molecule has 0 aliphatic rings. The van der Waals surface area contributed by atoms with Crippen molar-refractivity contribution in [3.63, 3.8) is 0 Å². The quantitative estimate of drug-likeness (QED) is 0.441. The van der Waals surface area contributed by atoms with Crippen LogP contribution in [-0.2, 0) is 9.53 Å². The molecule has 0 spiro atoms. The van der Waals surface area contributed by atoms with Crippen molar-refractivity contribution < 1.29 is 9.53 Å². The van der Waals surface area contributed by atoms with E-state index in [-0.39, 0.29) is 5.97 Å². The highest BCUT2D eigenvalue weighted by atomic mass is 32.2. The molecular formula is C18H20N2O2S2. The van der Waals surface area contributed by atoms with Gasteiger partial charge in [-0.1, -0.05) is 42.1 Å². The monoisotopic (exact) mass is 360 g/mol. The second-order valence-electron chi connectivity index (χ2n) is 4.97. The van der Waals surface area contributed by atoms with Gasteiger partial charge in [0.25, 0.3) is 0 Å². The number of ether oxygens (including phenoxy) is 1. The fourth-order valence-electron chi connectivity index (χ4n) is 1.98. The first-order chi connectivity index (χ1) is 11.7. The summed E-state index contributed by atoms with van der Waals surface area (Å²) in [6, 6.07) is 18.2. The van der Waals surface area contributed by atoms with E-state index < -0.39 is 0 Å². The van der Waals surface area contributed by atoms with Crippen LogP contribution in [0, 0.1) is 0 Å². The molecule has 2 N–H and O–H groups in total. The van der Waals surface area contributed by atoms with Crippen molar-refractivity contribution >= 4 is 40.7 Å². The smallest absolute Gasteiger partial charge is 0.305 e. The van der Waals surface area contributed by atoms with Crippen molar-refractivity contribution in [2.45, 2.75) is 22.6 Å². The van der Waals surface area contributed by atoms with Gasteiger partial charge in [-0.05, 0) is 42.9 Å². The Morgan fingerprint density at radius 2 is 1.83 bits per heavy atom. The maximum absolute atomic E-state index is 11.1. The van der Waals surface area contributed by atoms with Crippen LogP contribution in [0.4, 0.5) is 5.69 Å². The molecule has 4 nitrogen and oxygen atoms in total. The Bertz CT molecular complexity index is 678. The Hall–Kier alpha value is -2.05. The van der Waals surface area contributed by atoms with E-state index in [9.17, 15) is 4.79 Å². The summed E-state index contributed by atoms with van der Waals surface area (Å²) in [7, 11) is 1.39. The first kappa shape index (κ1) is 18.3. The number of benzene rings is 2. The second-order valence-corrected chi connectivity index (χ2v) is 6.50. The van der Waals surface area contributed by atoms with Gasteiger partial charge in [0, 0.05) is 22.8 Å². The molecule has 0 aliphatic heterocycles. The maximum Gasteiger partial charge on any atom is 0.305 e. The van der Waals surface area contributed by atoms with Crippen LogP contribution in [0.5, 0.6) is 0 Å². The number of esters is 1. The molecule has 126 valence electrons. The van der Waals surface area contributed by atoms with Crippen molar-refractivity contribution in [3.05, 3.63) is 54.6 Å². The average molecular weight is 361 g/mol. The molecule has 0 amide bonds. The molecule has 2 rings (SSSR count). The minimum atomic E-state index is -0.208. The summed E-state index contributed by atoms with van der Waals surface area (Å²) in [6.45, 7) is 0.620. The summed E-state index contributed by atoms with van der Waals surface area (Å²) >= 11 is 7.00. The maximum atomic E-state index is 11.1. The standard InChI is InChI=1S/C18H20N2O2S2/c1-22-17(21)12-7-13-19-18(23)20-15-10-5-6-11-16(15)24-14-8-3-2-4-9-14/h2-6,8-11H,7,12-13H2,1H3,(H2,19,20,23). The Morgan fingerprint density at radius 1 is 1.12 bits per heavy atom. The van der Waals surface area contributed by atoms with E-state index in [2.05, 4.69) is 33.6 Å². The van der Waals surface area contributed by atoms with E-state index in [1.165, 1.54) is 12.0 Å². The summed E-state index contributed by atoms with van der Waals surface area (Å²) in [5.74, 6) is -0.208. The van der Waals surface area contributed by atoms with E-state index in [1.807, 2.05) is 36.4 Å². The molecule has 2 aromatic carbocycles. The zero-order chi connectivity index (χ0) is 17.2. The molecule has 0 aromatic heterocycles. The fraction of sp³-hybridized carbons (Fsp3) is 0.222. The van der Waals surface area contributed by atoms with Crippen molar-refractivity contribution in [1.29, 1.82) is 0 Å². The summed E-state index contributed by atoms with van der Waals surface area (Å²) in [5, 5.41) is 6.86. The number of hydrogen-bond acceptors (Lipinski definition) is 4. The number of anilines is 1. The lowest BCUT2D eigenvalue weighted by Gasteiger charge is -2.13. The molecule has 2 aromatic rings. The number of rotatable bonds is 7. The third-order valence-corrected chi connectivity index (χ3v) is 4.51. The van der Waals surface area contributed by atoms with Gasteiger partial charge >= 0.3 is 5.97 Å². The first-order valence-electron chi connectivity index (χ1n) is 7.62. The zero-order valence-electron chi connectivity index (χ0n) is 13.5. The van der Waals surface area contributed by atoms with Crippen LogP contribution in [0.3, 0.4) is 0 Å². The average Bonchev–Trinajstić information content (AvgIpc) is 2.61. The lowest BCUT2D eigenvalue weighted by molar-refractivity contribution is -0.140. The van der Waals surface area contributed by atoms with Crippen molar-refractivity contribution in [3.8, 4) is 0 Å². The summed E-state index contributed by atoms with van der Waals surface area (Å²) < 4.78 is 4.61. The molecule has 0 bridgehead atoms. The number of hydrogen-bond donors (Lipinski definition) is 2. The number of para-hydroxylation sites is 1. The van der Waals surface area contributed by atoms with Crippen LogP contribution in [-0.4, -0.2) is 24.7 Å². The molecule has 0 saturated heterocycles. The van der Waals surface area contributed by atoms with Gasteiger partial charge in [0.2, 0.25) is 0 Å². The predicted molar refractivity (Wildman–Crippen MR) is 102 cm³/mol. The lowest BCUT2D eigenvalue weighted by atomic mass is 10.3. The van der Waals surface area contributed by atoms with Gasteiger partial charge in [-0.15, -0.1) is 0 Å². The molecule has 0 saturated carbocycles. The molecule has 0 heterocycles. The molecule has 24 heavy (non-hydrogen) atoms. The minimum Gasteiger partial charge on any atom is -0.469 e. The van der Waals surface area contributed by atoms with Crippen molar-refractivity contribution in [2.24, 2.45) is 0 Å². The van der Waals surface area contributed by atoms with Gasteiger partial charge in [-0.25, -0.2) is 0 Å². The zero-order valence-corrected chi connectivity index (χ0v) is 15.1. The van der Waals surface area contributed by atoms with Crippen molar-refractivity contribution in [2.75, 3.05) is 19.0 Å². The van der Waals surface area contributed by atoms with E-state index >= 15 is 0 Å². The lowest BCUT2D eigenvalue weighted by Crippen LogP contribution is -2.29. The molecule has 6 heteroatoms.